The number of methoxy groups -OCH3 is 1. The Kier molecular flexibility index (Phi) is 7.02. The molecule has 0 fully saturated rings. The molecular formula is C6H14BrNO3S. The molecule has 0 aliphatic carbocycles. The van der Waals surface area contributed by atoms with E-state index in [9.17, 15) is 8.42 Å². The summed E-state index contributed by atoms with van der Waals surface area (Å²) >= 11 is 3.13. The Morgan fingerprint density at radius 3 is 2.67 bits per heavy atom. The highest BCUT2D eigenvalue weighted by Crippen LogP contribution is 1.90. The zero-order valence-corrected chi connectivity index (χ0v) is 9.45. The van der Waals surface area contributed by atoms with Crippen molar-refractivity contribution in [2.75, 3.05) is 31.3 Å². The minimum Gasteiger partial charge on any atom is -0.385 e. The molecule has 0 amide bonds. The summed E-state index contributed by atoms with van der Waals surface area (Å²) in [5.41, 5.74) is 0. The number of alkyl halides is 1. The minimum atomic E-state index is -3.08. The molecule has 4 nitrogen and oxygen atoms in total. The largest absolute Gasteiger partial charge is 0.385 e. The number of hydrogen-bond donors (Lipinski definition) is 1. The highest BCUT2D eigenvalue weighted by Gasteiger charge is 2.07. The Morgan fingerprint density at radius 2 is 2.17 bits per heavy atom. The van der Waals surface area contributed by atoms with Crippen LogP contribution in [0.3, 0.4) is 0 Å². The first-order valence-corrected chi connectivity index (χ1v) is 6.42. The van der Waals surface area contributed by atoms with Crippen LogP contribution in [0.25, 0.3) is 0 Å². The van der Waals surface area contributed by atoms with E-state index in [1.54, 1.807) is 7.11 Å². The van der Waals surface area contributed by atoms with E-state index in [1.807, 2.05) is 0 Å². The summed E-state index contributed by atoms with van der Waals surface area (Å²) in [4.78, 5) is 0. The smallest absolute Gasteiger partial charge is 0.211 e. The number of hydrogen-bond acceptors (Lipinski definition) is 3. The van der Waals surface area contributed by atoms with Crippen molar-refractivity contribution >= 4 is 26.0 Å². The minimum absolute atomic E-state index is 0.133. The maximum atomic E-state index is 11.1. The molecule has 6 heteroatoms. The van der Waals surface area contributed by atoms with Crippen LogP contribution in [-0.4, -0.2) is 39.8 Å². The van der Waals surface area contributed by atoms with E-state index in [1.165, 1.54) is 0 Å². The summed E-state index contributed by atoms with van der Waals surface area (Å²) in [6.45, 7) is 0.921. The summed E-state index contributed by atoms with van der Waals surface area (Å²) < 4.78 is 29.3. The zero-order valence-electron chi connectivity index (χ0n) is 7.05. The van der Waals surface area contributed by atoms with E-state index in [0.29, 0.717) is 24.9 Å². The molecule has 0 aliphatic rings. The average Bonchev–Trinajstić information content (AvgIpc) is 2.01. The van der Waals surface area contributed by atoms with Gasteiger partial charge in [0.05, 0.1) is 5.75 Å². The van der Waals surface area contributed by atoms with Crippen molar-refractivity contribution in [2.24, 2.45) is 0 Å². The van der Waals surface area contributed by atoms with Gasteiger partial charge in [-0.3, -0.25) is 0 Å². The van der Waals surface area contributed by atoms with Gasteiger partial charge in [0.2, 0.25) is 10.0 Å². The molecule has 12 heavy (non-hydrogen) atoms. The monoisotopic (exact) mass is 259 g/mol. The van der Waals surface area contributed by atoms with Crippen molar-refractivity contribution in [1.29, 1.82) is 0 Å². The van der Waals surface area contributed by atoms with Crippen LogP contribution in [0.5, 0.6) is 0 Å². The lowest BCUT2D eigenvalue weighted by Crippen LogP contribution is -2.28. The second kappa shape index (κ2) is 6.82. The van der Waals surface area contributed by atoms with Crippen LogP contribution < -0.4 is 4.72 Å². The van der Waals surface area contributed by atoms with Crippen LogP contribution in [0.4, 0.5) is 0 Å². The van der Waals surface area contributed by atoms with Gasteiger partial charge in [-0.15, -0.1) is 0 Å². The van der Waals surface area contributed by atoms with Crippen LogP contribution in [0.15, 0.2) is 0 Å². The van der Waals surface area contributed by atoms with Crippen LogP contribution >= 0.6 is 15.9 Å². The molecule has 0 aromatic heterocycles. The number of sulfonamides is 1. The standard InChI is InChI=1S/C6H14BrNO3S/c1-11-5-2-6-12(9,10)8-4-3-7/h8H,2-6H2,1H3. The lowest BCUT2D eigenvalue weighted by Gasteiger charge is -2.03. The molecule has 0 heterocycles. The first-order chi connectivity index (χ1) is 5.62. The van der Waals surface area contributed by atoms with Gasteiger partial charge in [0, 0.05) is 25.6 Å². The first-order valence-electron chi connectivity index (χ1n) is 3.64. The average molecular weight is 260 g/mol. The summed E-state index contributed by atoms with van der Waals surface area (Å²) in [5.74, 6) is 0.133. The van der Waals surface area contributed by atoms with Gasteiger partial charge in [0.1, 0.15) is 0 Å². The SMILES string of the molecule is COCCCS(=O)(=O)NCCBr. The normalized spacial score (nSPS) is 11.8. The van der Waals surface area contributed by atoms with Crippen molar-refractivity contribution < 1.29 is 13.2 Å². The van der Waals surface area contributed by atoms with Gasteiger partial charge in [-0.1, -0.05) is 15.9 Å². The van der Waals surface area contributed by atoms with Gasteiger partial charge in [0.15, 0.2) is 0 Å². The third-order valence-electron chi connectivity index (χ3n) is 1.18. The Morgan fingerprint density at radius 1 is 1.50 bits per heavy atom. The molecule has 0 bridgehead atoms. The Bertz CT molecular complexity index is 193. The fourth-order valence-electron chi connectivity index (χ4n) is 0.660. The molecule has 0 aromatic rings. The summed E-state index contributed by atoms with van der Waals surface area (Å²) in [6, 6.07) is 0. The maximum Gasteiger partial charge on any atom is 0.211 e. The molecule has 0 radical (unpaired) electrons. The number of halogens is 1. The fourth-order valence-corrected chi connectivity index (χ4v) is 2.18. The second-order valence-corrected chi connectivity index (χ2v) is 4.97. The van der Waals surface area contributed by atoms with Gasteiger partial charge in [-0.2, -0.15) is 0 Å². The molecule has 0 saturated carbocycles. The summed E-state index contributed by atoms with van der Waals surface area (Å²) in [5, 5.41) is 0.635. The Labute approximate surface area is 81.9 Å². The highest BCUT2D eigenvalue weighted by atomic mass is 79.9. The molecule has 0 spiro atoms. The second-order valence-electron chi connectivity index (χ2n) is 2.25. The number of rotatable bonds is 7. The molecule has 0 unspecified atom stereocenters. The lowest BCUT2D eigenvalue weighted by molar-refractivity contribution is 0.199. The highest BCUT2D eigenvalue weighted by molar-refractivity contribution is 9.09. The van der Waals surface area contributed by atoms with Crippen LogP contribution in [0.1, 0.15) is 6.42 Å². The van der Waals surface area contributed by atoms with Crippen molar-refractivity contribution in [3.63, 3.8) is 0 Å². The van der Waals surface area contributed by atoms with Gasteiger partial charge < -0.3 is 4.74 Å². The van der Waals surface area contributed by atoms with Crippen LogP contribution in [-0.2, 0) is 14.8 Å². The molecule has 0 atom stereocenters. The Hall–Kier alpha value is 0.350. The van der Waals surface area contributed by atoms with Crippen molar-refractivity contribution in [3.8, 4) is 0 Å². The van der Waals surface area contributed by atoms with Gasteiger partial charge in [0.25, 0.3) is 0 Å². The zero-order chi connectivity index (χ0) is 9.45. The topological polar surface area (TPSA) is 55.4 Å². The molecular weight excluding hydrogens is 246 g/mol. The van der Waals surface area contributed by atoms with E-state index in [-0.39, 0.29) is 5.75 Å². The summed E-state index contributed by atoms with van der Waals surface area (Å²) in [7, 11) is -1.52. The third kappa shape index (κ3) is 7.02. The molecule has 1 N–H and O–H groups in total. The van der Waals surface area contributed by atoms with Crippen LogP contribution in [0, 0.1) is 0 Å². The molecule has 0 aromatic carbocycles. The third-order valence-corrected chi connectivity index (χ3v) is 3.04. The predicted molar refractivity (Wildman–Crippen MR) is 52.1 cm³/mol. The van der Waals surface area contributed by atoms with Gasteiger partial charge >= 0.3 is 0 Å². The lowest BCUT2D eigenvalue weighted by atomic mass is 10.5. The van der Waals surface area contributed by atoms with E-state index >= 15 is 0 Å². The van der Waals surface area contributed by atoms with E-state index < -0.39 is 10.0 Å². The molecule has 0 aliphatic heterocycles. The quantitative estimate of drug-likeness (QED) is 0.530. The molecule has 0 saturated heterocycles. The van der Waals surface area contributed by atoms with Crippen molar-refractivity contribution in [3.05, 3.63) is 0 Å². The van der Waals surface area contributed by atoms with E-state index in [4.69, 9.17) is 4.74 Å². The van der Waals surface area contributed by atoms with Crippen LogP contribution in [0.2, 0.25) is 0 Å². The molecule has 0 rings (SSSR count). The van der Waals surface area contributed by atoms with E-state index in [0.717, 1.165) is 0 Å². The molecule has 74 valence electrons. The van der Waals surface area contributed by atoms with Gasteiger partial charge in [-0.25, -0.2) is 13.1 Å². The maximum absolute atomic E-state index is 11.1. The predicted octanol–water partition coefficient (Wildman–Crippen LogP) is 0.337. The fraction of sp³-hybridized carbons (Fsp3) is 1.00. The first kappa shape index (κ1) is 12.3. The summed E-state index contributed by atoms with van der Waals surface area (Å²) in [6.07, 6.45) is 0.536. The number of ether oxygens (including phenoxy) is 1. The van der Waals surface area contributed by atoms with Gasteiger partial charge in [-0.05, 0) is 6.42 Å². The van der Waals surface area contributed by atoms with Crippen molar-refractivity contribution in [1.82, 2.24) is 4.72 Å². The van der Waals surface area contributed by atoms with Crippen molar-refractivity contribution in [2.45, 2.75) is 6.42 Å². The number of nitrogens with one attached hydrogen (secondary N) is 1. The van der Waals surface area contributed by atoms with E-state index in [2.05, 4.69) is 20.7 Å². The Balaban J connectivity index is 3.58.